The van der Waals surface area contributed by atoms with Crippen LogP contribution in [0, 0.1) is 11.8 Å². The lowest BCUT2D eigenvalue weighted by Gasteiger charge is -2.05. The summed E-state index contributed by atoms with van der Waals surface area (Å²) in [5.74, 6) is -3.17. The van der Waals surface area contributed by atoms with E-state index in [1.807, 2.05) is 0 Å². The molecule has 0 saturated heterocycles. The Balaban J connectivity index is 2.25. The Labute approximate surface area is 109 Å². The first-order chi connectivity index (χ1) is 8.58. The Morgan fingerprint density at radius 1 is 1.28 bits per heavy atom. The molecule has 0 fully saturated rings. The predicted molar refractivity (Wildman–Crippen MR) is 64.0 cm³/mol. The van der Waals surface area contributed by atoms with Crippen LogP contribution in [0.5, 0.6) is 0 Å². The lowest BCUT2D eigenvalue weighted by Crippen LogP contribution is -2.15. The molecule has 0 radical (unpaired) electrons. The van der Waals surface area contributed by atoms with Crippen LogP contribution in [0.15, 0.2) is 35.1 Å². The van der Waals surface area contributed by atoms with Crippen LogP contribution in [0.1, 0.15) is 10.4 Å². The Bertz CT molecular complexity index is 607. The average molecular weight is 314 g/mol. The Morgan fingerprint density at radius 2 is 2.06 bits per heavy atom. The van der Waals surface area contributed by atoms with Gasteiger partial charge < -0.3 is 5.32 Å². The number of carbonyl (C=O) groups excluding carboxylic acids is 1. The zero-order valence-corrected chi connectivity index (χ0v) is 10.4. The molecule has 2 aromatic heterocycles. The lowest BCUT2D eigenvalue weighted by molar-refractivity contribution is 0.102. The van der Waals surface area contributed by atoms with Crippen molar-refractivity contribution in [3.8, 4) is 0 Å². The van der Waals surface area contributed by atoms with Gasteiger partial charge in [0.25, 0.3) is 5.91 Å². The van der Waals surface area contributed by atoms with Crippen molar-refractivity contribution in [3.05, 3.63) is 52.4 Å². The third-order valence-corrected chi connectivity index (χ3v) is 2.49. The molecule has 2 rings (SSSR count). The van der Waals surface area contributed by atoms with Crippen LogP contribution in [0.25, 0.3) is 0 Å². The topological polar surface area (TPSA) is 54.9 Å². The number of rotatable bonds is 2. The summed E-state index contributed by atoms with van der Waals surface area (Å²) in [7, 11) is 0. The van der Waals surface area contributed by atoms with Crippen molar-refractivity contribution in [2.24, 2.45) is 0 Å². The number of anilines is 1. The number of hydrogen-bond donors (Lipinski definition) is 1. The first-order valence-corrected chi connectivity index (χ1v) is 5.61. The number of amides is 1. The van der Waals surface area contributed by atoms with Gasteiger partial charge in [-0.25, -0.2) is 14.4 Å². The normalized spacial score (nSPS) is 10.2. The van der Waals surface area contributed by atoms with Gasteiger partial charge in [-0.15, -0.1) is 0 Å². The number of hydrogen-bond acceptors (Lipinski definition) is 3. The van der Waals surface area contributed by atoms with Gasteiger partial charge in [-0.3, -0.25) is 4.79 Å². The molecule has 4 nitrogen and oxygen atoms in total. The molecule has 18 heavy (non-hydrogen) atoms. The molecule has 2 aromatic rings. The van der Waals surface area contributed by atoms with Crippen LogP contribution in [0.2, 0.25) is 0 Å². The Morgan fingerprint density at radius 3 is 2.78 bits per heavy atom. The van der Waals surface area contributed by atoms with E-state index in [1.165, 1.54) is 6.07 Å². The third kappa shape index (κ3) is 2.67. The van der Waals surface area contributed by atoms with E-state index in [1.54, 1.807) is 12.1 Å². The summed E-state index contributed by atoms with van der Waals surface area (Å²) in [5, 5.41) is 2.35. The number of nitrogens with one attached hydrogen (secondary N) is 1. The Kier molecular flexibility index (Phi) is 3.61. The van der Waals surface area contributed by atoms with Gasteiger partial charge in [0.05, 0.1) is 5.56 Å². The summed E-state index contributed by atoms with van der Waals surface area (Å²) >= 11 is 3.13. The van der Waals surface area contributed by atoms with Crippen LogP contribution in [0.3, 0.4) is 0 Å². The van der Waals surface area contributed by atoms with Gasteiger partial charge in [0.2, 0.25) is 5.95 Å². The average Bonchev–Trinajstić information content (AvgIpc) is 2.32. The van der Waals surface area contributed by atoms with Gasteiger partial charge in [0, 0.05) is 6.20 Å². The van der Waals surface area contributed by atoms with Crippen LogP contribution in [-0.4, -0.2) is 15.9 Å². The molecule has 0 unspecified atom stereocenters. The zero-order chi connectivity index (χ0) is 13.1. The van der Waals surface area contributed by atoms with Crippen molar-refractivity contribution >= 4 is 27.7 Å². The van der Waals surface area contributed by atoms with Gasteiger partial charge in [-0.2, -0.15) is 4.39 Å². The fraction of sp³-hybridized carbons (Fsp3) is 0. The summed E-state index contributed by atoms with van der Waals surface area (Å²) in [4.78, 5) is 18.7. The molecule has 92 valence electrons. The second-order valence-corrected chi connectivity index (χ2v) is 4.08. The molecule has 2 heterocycles. The summed E-state index contributed by atoms with van der Waals surface area (Å²) in [6, 6.07) is 5.93. The van der Waals surface area contributed by atoms with E-state index in [4.69, 9.17) is 0 Å². The van der Waals surface area contributed by atoms with Crippen LogP contribution in [-0.2, 0) is 0 Å². The first-order valence-electron chi connectivity index (χ1n) is 4.82. The summed E-state index contributed by atoms with van der Waals surface area (Å²) < 4.78 is 26.7. The number of halogens is 3. The van der Waals surface area contributed by atoms with E-state index in [-0.39, 0.29) is 5.82 Å². The Hall–Kier alpha value is -1.89. The smallest absolute Gasteiger partial charge is 0.260 e. The molecule has 1 N–H and O–H groups in total. The van der Waals surface area contributed by atoms with Gasteiger partial charge >= 0.3 is 0 Å². The van der Waals surface area contributed by atoms with Gasteiger partial charge in [0.15, 0.2) is 5.82 Å². The van der Waals surface area contributed by atoms with Crippen LogP contribution >= 0.6 is 15.9 Å². The van der Waals surface area contributed by atoms with E-state index in [0.29, 0.717) is 4.60 Å². The predicted octanol–water partition coefficient (Wildman–Crippen LogP) is 2.77. The van der Waals surface area contributed by atoms with Crippen molar-refractivity contribution in [2.75, 3.05) is 5.32 Å². The van der Waals surface area contributed by atoms with E-state index in [0.717, 1.165) is 12.3 Å². The van der Waals surface area contributed by atoms with E-state index in [2.05, 4.69) is 31.2 Å². The molecule has 0 aliphatic carbocycles. The second kappa shape index (κ2) is 5.18. The molecule has 0 bridgehead atoms. The fourth-order valence-electron chi connectivity index (χ4n) is 1.26. The highest BCUT2D eigenvalue weighted by molar-refractivity contribution is 9.10. The molecule has 0 spiro atoms. The van der Waals surface area contributed by atoms with Crippen molar-refractivity contribution in [1.29, 1.82) is 0 Å². The van der Waals surface area contributed by atoms with E-state index < -0.39 is 23.2 Å². The van der Waals surface area contributed by atoms with Gasteiger partial charge in [-0.1, -0.05) is 6.07 Å². The highest BCUT2D eigenvalue weighted by Gasteiger charge is 2.16. The summed E-state index contributed by atoms with van der Waals surface area (Å²) in [6.07, 6.45) is 1.02. The minimum absolute atomic E-state index is 0.228. The maximum Gasteiger partial charge on any atom is 0.260 e. The number of nitrogens with zero attached hydrogens (tertiary/aromatic N) is 2. The number of aromatic nitrogens is 2. The minimum Gasteiger partial charge on any atom is -0.306 e. The molecule has 0 saturated carbocycles. The van der Waals surface area contributed by atoms with Gasteiger partial charge in [0.1, 0.15) is 10.4 Å². The van der Waals surface area contributed by atoms with Crippen molar-refractivity contribution in [3.63, 3.8) is 0 Å². The number of carbonyl (C=O) groups is 1. The largest absolute Gasteiger partial charge is 0.306 e. The zero-order valence-electron chi connectivity index (χ0n) is 8.82. The standard InChI is InChI=1S/C11H6BrF2N3O/c12-7-2-1-3-8(16-7)17-11(18)6-4-5-15-10(14)9(6)13/h1-5H,(H,16,17,18). The quantitative estimate of drug-likeness (QED) is 0.867. The van der Waals surface area contributed by atoms with Crippen LogP contribution < -0.4 is 5.32 Å². The monoisotopic (exact) mass is 313 g/mol. The highest BCUT2D eigenvalue weighted by Crippen LogP contribution is 2.13. The second-order valence-electron chi connectivity index (χ2n) is 3.26. The van der Waals surface area contributed by atoms with Crippen molar-refractivity contribution < 1.29 is 13.6 Å². The maximum atomic E-state index is 13.3. The first kappa shape index (κ1) is 12.6. The molecule has 0 aliphatic rings. The molecule has 0 atom stereocenters. The van der Waals surface area contributed by atoms with Gasteiger partial charge in [-0.05, 0) is 34.1 Å². The molecular formula is C11H6BrF2N3O. The summed E-state index contributed by atoms with van der Waals surface area (Å²) in [5.41, 5.74) is -0.427. The van der Waals surface area contributed by atoms with Crippen molar-refractivity contribution in [1.82, 2.24) is 9.97 Å². The molecule has 0 aromatic carbocycles. The third-order valence-electron chi connectivity index (χ3n) is 2.05. The highest BCUT2D eigenvalue weighted by atomic mass is 79.9. The molecule has 1 amide bonds. The van der Waals surface area contributed by atoms with Crippen LogP contribution in [0.4, 0.5) is 14.6 Å². The van der Waals surface area contributed by atoms with E-state index in [9.17, 15) is 13.6 Å². The fourth-order valence-corrected chi connectivity index (χ4v) is 1.60. The summed E-state index contributed by atoms with van der Waals surface area (Å²) in [6.45, 7) is 0. The van der Waals surface area contributed by atoms with E-state index >= 15 is 0 Å². The molecule has 0 aliphatic heterocycles. The SMILES string of the molecule is O=C(Nc1cccc(Br)n1)c1ccnc(F)c1F. The maximum absolute atomic E-state index is 13.3. The lowest BCUT2D eigenvalue weighted by atomic mass is 10.2. The van der Waals surface area contributed by atoms with Crippen molar-refractivity contribution in [2.45, 2.75) is 0 Å². The minimum atomic E-state index is -1.31. The molecular weight excluding hydrogens is 308 g/mol. The number of pyridine rings is 2. The molecule has 7 heteroatoms.